The summed E-state index contributed by atoms with van der Waals surface area (Å²) in [7, 11) is 0. The lowest BCUT2D eigenvalue weighted by atomic mass is 9.93. The number of fused-ring (bicyclic) bond motifs is 1. The van der Waals surface area contributed by atoms with Crippen LogP contribution in [0.2, 0.25) is 0 Å². The number of benzene rings is 2. The van der Waals surface area contributed by atoms with E-state index in [2.05, 4.69) is 51.4 Å². The van der Waals surface area contributed by atoms with Crippen LogP contribution >= 0.6 is 0 Å². The van der Waals surface area contributed by atoms with E-state index in [1.54, 1.807) is 4.90 Å². The lowest BCUT2D eigenvalue weighted by Crippen LogP contribution is -2.34. The Kier molecular flexibility index (Phi) is 10.8. The lowest BCUT2D eigenvalue weighted by molar-refractivity contribution is -0.117. The van der Waals surface area contributed by atoms with Crippen molar-refractivity contribution in [2.24, 2.45) is 11.7 Å². The molecule has 0 bridgehead atoms. The Labute approximate surface area is 260 Å². The predicted octanol–water partition coefficient (Wildman–Crippen LogP) is 3.86. The summed E-state index contributed by atoms with van der Waals surface area (Å²) in [4.78, 5) is 38.3. The van der Waals surface area contributed by atoms with Crippen LogP contribution < -0.4 is 26.4 Å². The highest BCUT2D eigenvalue weighted by Gasteiger charge is 2.32. The van der Waals surface area contributed by atoms with Crippen LogP contribution in [0, 0.1) is 5.92 Å². The molecule has 0 atom stereocenters. The third kappa shape index (κ3) is 8.12. The van der Waals surface area contributed by atoms with Crippen molar-refractivity contribution >= 4 is 23.5 Å². The summed E-state index contributed by atoms with van der Waals surface area (Å²) in [5.41, 5.74) is 16.6. The molecule has 44 heavy (non-hydrogen) atoms. The van der Waals surface area contributed by atoms with E-state index < -0.39 is 0 Å². The summed E-state index contributed by atoms with van der Waals surface area (Å²) in [5.74, 6) is 1.44. The minimum atomic E-state index is -0.0322. The first-order valence-corrected chi connectivity index (χ1v) is 15.9. The maximum Gasteiger partial charge on any atom is 0.320 e. The number of hydrogen-bond acceptors (Lipinski definition) is 8. The summed E-state index contributed by atoms with van der Waals surface area (Å²) in [6.07, 6.45) is 6.21. The molecule has 0 aliphatic carbocycles. The molecule has 1 fully saturated rings. The number of hydrogen-bond donors (Lipinski definition) is 3. The van der Waals surface area contributed by atoms with E-state index in [1.807, 2.05) is 24.3 Å². The van der Waals surface area contributed by atoms with Crippen LogP contribution in [-0.2, 0) is 30.7 Å². The summed E-state index contributed by atoms with van der Waals surface area (Å²) < 4.78 is 5.67. The Balaban J connectivity index is 1.05. The lowest BCUT2D eigenvalue weighted by Gasteiger charge is -2.32. The van der Waals surface area contributed by atoms with Crippen LogP contribution in [0.25, 0.3) is 0 Å². The average molecular weight is 600 g/mol. The maximum atomic E-state index is 12.8. The van der Waals surface area contributed by atoms with Crippen molar-refractivity contribution in [3.8, 4) is 6.01 Å². The molecule has 5 N–H and O–H groups in total. The highest BCUT2D eigenvalue weighted by atomic mass is 16.5. The fraction of sp³-hybridized carbons (Fsp3) is 0.471. The Morgan fingerprint density at radius 3 is 2.36 bits per heavy atom. The summed E-state index contributed by atoms with van der Waals surface area (Å²) >= 11 is 0. The molecule has 5 rings (SSSR count). The molecule has 2 aliphatic rings. The number of anilines is 2. The topological polar surface area (TPSA) is 140 Å². The highest BCUT2D eigenvalue weighted by Crippen LogP contribution is 2.33. The molecule has 10 nitrogen and oxygen atoms in total. The van der Waals surface area contributed by atoms with E-state index in [0.717, 1.165) is 69.3 Å². The Morgan fingerprint density at radius 2 is 1.68 bits per heavy atom. The number of unbranched alkanes of at least 4 members (excludes halogenated alkanes) is 1. The molecule has 1 saturated heterocycles. The van der Waals surface area contributed by atoms with Crippen molar-refractivity contribution in [2.75, 3.05) is 43.4 Å². The Hall–Kier alpha value is -4.02. The molecular formula is C34H45N7O3. The van der Waals surface area contributed by atoms with Gasteiger partial charge in [-0.1, -0.05) is 49.7 Å². The molecule has 2 aliphatic heterocycles. The van der Waals surface area contributed by atoms with Crippen molar-refractivity contribution in [3.05, 3.63) is 76.3 Å². The van der Waals surface area contributed by atoms with Gasteiger partial charge in [0.2, 0.25) is 5.91 Å². The zero-order chi connectivity index (χ0) is 30.9. The molecule has 10 heteroatoms. The van der Waals surface area contributed by atoms with E-state index in [4.69, 9.17) is 16.2 Å². The number of nitrogens with zero attached hydrogens (tertiary/aromatic N) is 4. The van der Waals surface area contributed by atoms with Gasteiger partial charge in [-0.15, -0.1) is 0 Å². The molecular weight excluding hydrogens is 554 g/mol. The second-order valence-electron chi connectivity index (χ2n) is 11.9. The maximum absolute atomic E-state index is 12.8. The molecule has 234 valence electrons. The number of rotatable bonds is 14. The molecule has 0 unspecified atom stereocenters. The Morgan fingerprint density at radius 1 is 1.00 bits per heavy atom. The third-order valence-corrected chi connectivity index (χ3v) is 8.57. The molecule has 0 spiro atoms. The van der Waals surface area contributed by atoms with Gasteiger partial charge in [-0.05, 0) is 86.5 Å². The van der Waals surface area contributed by atoms with Gasteiger partial charge in [0.15, 0.2) is 0 Å². The third-order valence-electron chi connectivity index (χ3n) is 8.57. The zero-order valence-electron chi connectivity index (χ0n) is 25.8. The van der Waals surface area contributed by atoms with Gasteiger partial charge < -0.3 is 21.5 Å². The molecule has 0 radical (unpaired) electrons. The van der Waals surface area contributed by atoms with Gasteiger partial charge in [-0.2, -0.15) is 9.97 Å². The van der Waals surface area contributed by atoms with Crippen molar-refractivity contribution in [1.29, 1.82) is 0 Å². The van der Waals surface area contributed by atoms with E-state index in [0.29, 0.717) is 54.9 Å². The number of likely N-dealkylation sites (tertiary alicyclic amines) is 1. The number of piperidine rings is 1. The Bertz CT molecular complexity index is 1400. The quantitative estimate of drug-likeness (QED) is 0.238. The van der Waals surface area contributed by atoms with Crippen LogP contribution in [0.3, 0.4) is 0 Å². The first kappa shape index (κ1) is 31.4. The molecule has 2 aromatic carbocycles. The van der Waals surface area contributed by atoms with E-state index >= 15 is 0 Å². The summed E-state index contributed by atoms with van der Waals surface area (Å²) in [6.45, 7) is 7.34. The van der Waals surface area contributed by atoms with Gasteiger partial charge in [-0.25, -0.2) is 0 Å². The standard InChI is InChI=1S/C34H45N7O3/c1-2-3-20-44-34-38-31(36)29-21-30(42)41(32(29)39-34)23-27-6-4-26(5-7-27)22-40-18-14-25(15-19-40)13-17-37-33(43)28-10-8-24(9-11-28)12-16-35/h4-11,25H,2-3,12-23,35H2,1H3,(H,37,43)(H2,36,38,39). The average Bonchev–Trinajstić information content (AvgIpc) is 3.34. The number of nitrogens with two attached hydrogens (primary N) is 2. The zero-order valence-corrected chi connectivity index (χ0v) is 25.8. The highest BCUT2D eigenvalue weighted by molar-refractivity contribution is 6.01. The summed E-state index contributed by atoms with van der Waals surface area (Å²) in [5, 5.41) is 3.08. The van der Waals surface area contributed by atoms with Crippen molar-refractivity contribution < 1.29 is 14.3 Å². The number of aromatic nitrogens is 2. The fourth-order valence-electron chi connectivity index (χ4n) is 5.87. The number of carbonyl (C=O) groups excluding carboxylic acids is 2. The van der Waals surface area contributed by atoms with E-state index in [1.165, 1.54) is 5.56 Å². The van der Waals surface area contributed by atoms with Gasteiger partial charge in [-0.3, -0.25) is 19.4 Å². The molecule has 2 amide bonds. The van der Waals surface area contributed by atoms with Crippen LogP contribution in [0.1, 0.15) is 71.6 Å². The first-order chi connectivity index (χ1) is 21.4. The van der Waals surface area contributed by atoms with Gasteiger partial charge >= 0.3 is 6.01 Å². The van der Waals surface area contributed by atoms with Crippen molar-refractivity contribution in [2.45, 2.75) is 65.0 Å². The van der Waals surface area contributed by atoms with Crippen LogP contribution in [-0.4, -0.2) is 59.5 Å². The number of amides is 2. The van der Waals surface area contributed by atoms with Crippen molar-refractivity contribution in [3.63, 3.8) is 0 Å². The molecule has 3 heterocycles. The normalized spacial score (nSPS) is 15.4. The van der Waals surface area contributed by atoms with Gasteiger partial charge in [0, 0.05) is 24.2 Å². The van der Waals surface area contributed by atoms with E-state index in [-0.39, 0.29) is 24.2 Å². The number of carbonyl (C=O) groups is 2. The molecule has 3 aromatic rings. The smallest absolute Gasteiger partial charge is 0.320 e. The minimum absolute atomic E-state index is 0.0120. The monoisotopic (exact) mass is 599 g/mol. The number of nitrogen functional groups attached to an aromatic ring is 1. The van der Waals surface area contributed by atoms with E-state index in [9.17, 15) is 9.59 Å². The minimum Gasteiger partial charge on any atom is -0.463 e. The second kappa shape index (κ2) is 15.1. The van der Waals surface area contributed by atoms with Gasteiger partial charge in [0.05, 0.1) is 19.6 Å². The largest absolute Gasteiger partial charge is 0.463 e. The van der Waals surface area contributed by atoms with Gasteiger partial charge in [0.25, 0.3) is 5.91 Å². The summed E-state index contributed by atoms with van der Waals surface area (Å²) in [6, 6.07) is 16.4. The number of ether oxygens (including phenoxy) is 1. The molecule has 0 saturated carbocycles. The molecule has 1 aromatic heterocycles. The predicted molar refractivity (Wildman–Crippen MR) is 172 cm³/mol. The van der Waals surface area contributed by atoms with Crippen molar-refractivity contribution in [1.82, 2.24) is 20.2 Å². The van der Waals surface area contributed by atoms with Gasteiger partial charge in [0.1, 0.15) is 11.6 Å². The van der Waals surface area contributed by atoms with Crippen LogP contribution in [0.5, 0.6) is 6.01 Å². The fourth-order valence-corrected chi connectivity index (χ4v) is 5.87. The van der Waals surface area contributed by atoms with Crippen LogP contribution in [0.15, 0.2) is 48.5 Å². The second-order valence-corrected chi connectivity index (χ2v) is 11.9. The SMILES string of the molecule is CCCCOc1nc(N)c2c(n1)N(Cc1ccc(CN3CCC(CCNC(=O)c4ccc(CCN)cc4)CC3)cc1)C(=O)C2. The van der Waals surface area contributed by atoms with Crippen LogP contribution in [0.4, 0.5) is 11.6 Å². The number of nitrogens with one attached hydrogen (secondary N) is 1. The first-order valence-electron chi connectivity index (χ1n) is 15.9.